The van der Waals surface area contributed by atoms with Crippen molar-refractivity contribution < 1.29 is 9.90 Å². The van der Waals surface area contributed by atoms with Gasteiger partial charge in [-0.2, -0.15) is 0 Å². The quantitative estimate of drug-likeness (QED) is 0.836. The average Bonchev–Trinajstić information content (AvgIpc) is 2.62. The first-order valence-corrected chi connectivity index (χ1v) is 5.23. The molecule has 0 atom stereocenters. The second-order valence-corrected chi connectivity index (χ2v) is 3.55. The van der Waals surface area contributed by atoms with Gasteiger partial charge in [0.25, 0.3) is 0 Å². The SMILES string of the molecule is O=C(O)c1cc2cccn2cc1CBr. The largest absolute Gasteiger partial charge is 0.478 e. The molecule has 2 aromatic rings. The number of carboxylic acids is 1. The summed E-state index contributed by atoms with van der Waals surface area (Å²) in [5, 5.41) is 9.51. The van der Waals surface area contributed by atoms with E-state index in [-0.39, 0.29) is 0 Å². The lowest BCUT2D eigenvalue weighted by Crippen LogP contribution is -2.02. The molecule has 0 spiro atoms. The van der Waals surface area contributed by atoms with Gasteiger partial charge in [0.1, 0.15) is 0 Å². The van der Waals surface area contributed by atoms with E-state index in [4.69, 9.17) is 5.11 Å². The van der Waals surface area contributed by atoms with Crippen LogP contribution in [0.3, 0.4) is 0 Å². The number of hydrogen-bond donors (Lipinski definition) is 1. The van der Waals surface area contributed by atoms with Crippen molar-refractivity contribution in [2.75, 3.05) is 0 Å². The third kappa shape index (κ3) is 1.42. The molecule has 0 radical (unpaired) electrons. The predicted molar refractivity (Wildman–Crippen MR) is 57.0 cm³/mol. The molecule has 0 aliphatic carbocycles. The molecule has 14 heavy (non-hydrogen) atoms. The second-order valence-electron chi connectivity index (χ2n) is 2.99. The smallest absolute Gasteiger partial charge is 0.336 e. The maximum Gasteiger partial charge on any atom is 0.336 e. The zero-order chi connectivity index (χ0) is 10.1. The van der Waals surface area contributed by atoms with Crippen molar-refractivity contribution in [1.82, 2.24) is 4.40 Å². The van der Waals surface area contributed by atoms with Crippen LogP contribution in [0.1, 0.15) is 15.9 Å². The molecule has 0 saturated heterocycles. The van der Waals surface area contributed by atoms with E-state index in [9.17, 15) is 4.79 Å². The van der Waals surface area contributed by atoms with Crippen LogP contribution < -0.4 is 0 Å². The fourth-order valence-corrected chi connectivity index (χ4v) is 1.88. The number of hydrogen-bond acceptors (Lipinski definition) is 1. The minimum absolute atomic E-state index is 0.355. The van der Waals surface area contributed by atoms with Crippen molar-refractivity contribution in [3.05, 3.63) is 41.7 Å². The van der Waals surface area contributed by atoms with Crippen molar-refractivity contribution in [2.45, 2.75) is 5.33 Å². The Morgan fingerprint density at radius 3 is 3.00 bits per heavy atom. The molecular weight excluding hydrogens is 246 g/mol. The Balaban J connectivity index is 2.72. The summed E-state index contributed by atoms with van der Waals surface area (Å²) in [4.78, 5) is 10.9. The van der Waals surface area contributed by atoms with Crippen molar-refractivity contribution in [3.8, 4) is 0 Å². The number of rotatable bonds is 2. The van der Waals surface area contributed by atoms with Gasteiger partial charge in [-0.1, -0.05) is 15.9 Å². The molecule has 0 saturated carbocycles. The monoisotopic (exact) mass is 253 g/mol. The van der Waals surface area contributed by atoms with E-state index in [0.29, 0.717) is 10.9 Å². The Bertz CT molecular complexity index is 490. The van der Waals surface area contributed by atoms with Crippen LogP contribution in [0.5, 0.6) is 0 Å². The van der Waals surface area contributed by atoms with E-state index in [1.165, 1.54) is 0 Å². The highest BCUT2D eigenvalue weighted by atomic mass is 79.9. The number of halogens is 1. The first kappa shape index (κ1) is 9.27. The van der Waals surface area contributed by atoms with Crippen LogP contribution in [0.15, 0.2) is 30.6 Å². The van der Waals surface area contributed by atoms with Gasteiger partial charge < -0.3 is 9.51 Å². The summed E-state index contributed by atoms with van der Waals surface area (Å²) in [7, 11) is 0. The summed E-state index contributed by atoms with van der Waals surface area (Å²) in [5.74, 6) is -0.886. The normalized spacial score (nSPS) is 10.6. The van der Waals surface area contributed by atoms with Gasteiger partial charge in [0.15, 0.2) is 0 Å². The zero-order valence-electron chi connectivity index (χ0n) is 7.27. The molecule has 0 bridgehead atoms. The van der Waals surface area contributed by atoms with Crippen LogP contribution in [0.4, 0.5) is 0 Å². The summed E-state index contributed by atoms with van der Waals surface area (Å²) in [6.07, 6.45) is 3.72. The summed E-state index contributed by atoms with van der Waals surface area (Å²) < 4.78 is 1.91. The fourth-order valence-electron chi connectivity index (χ4n) is 1.43. The minimum atomic E-state index is -0.886. The van der Waals surface area contributed by atoms with Crippen molar-refractivity contribution in [3.63, 3.8) is 0 Å². The highest BCUT2D eigenvalue weighted by Crippen LogP contribution is 2.16. The molecule has 0 amide bonds. The molecule has 72 valence electrons. The number of fused-ring (bicyclic) bond motifs is 1. The molecule has 2 aromatic heterocycles. The van der Waals surface area contributed by atoms with E-state index in [1.54, 1.807) is 6.07 Å². The second kappa shape index (κ2) is 3.46. The Kier molecular flexibility index (Phi) is 2.29. The third-order valence-corrected chi connectivity index (χ3v) is 2.72. The van der Waals surface area contributed by atoms with E-state index in [0.717, 1.165) is 11.1 Å². The van der Waals surface area contributed by atoms with Gasteiger partial charge in [0.2, 0.25) is 0 Å². The molecule has 3 nitrogen and oxygen atoms in total. The Morgan fingerprint density at radius 1 is 1.57 bits per heavy atom. The predicted octanol–water partition coefficient (Wildman–Crippen LogP) is 2.53. The summed E-state index contributed by atoms with van der Waals surface area (Å²) >= 11 is 3.27. The van der Waals surface area contributed by atoms with Crippen LogP contribution in [0.2, 0.25) is 0 Å². The van der Waals surface area contributed by atoms with Gasteiger partial charge in [0.05, 0.1) is 5.56 Å². The van der Waals surface area contributed by atoms with Crippen molar-refractivity contribution in [2.24, 2.45) is 0 Å². The molecule has 0 fully saturated rings. The van der Waals surface area contributed by atoms with Crippen LogP contribution in [-0.2, 0) is 5.33 Å². The maximum absolute atomic E-state index is 10.9. The molecule has 0 aliphatic rings. The molecular formula is C10H8BrNO2. The summed E-state index contributed by atoms with van der Waals surface area (Å²) in [6.45, 7) is 0. The lowest BCUT2D eigenvalue weighted by Gasteiger charge is -2.04. The number of carbonyl (C=O) groups is 1. The van der Waals surface area contributed by atoms with Gasteiger partial charge in [-0.3, -0.25) is 0 Å². The van der Waals surface area contributed by atoms with E-state index < -0.39 is 5.97 Å². The molecule has 0 aromatic carbocycles. The lowest BCUT2D eigenvalue weighted by atomic mass is 10.1. The van der Waals surface area contributed by atoms with Crippen LogP contribution in [0.25, 0.3) is 5.52 Å². The molecule has 2 heterocycles. The highest BCUT2D eigenvalue weighted by molar-refractivity contribution is 9.08. The Hall–Kier alpha value is -1.29. The third-order valence-electron chi connectivity index (χ3n) is 2.12. The van der Waals surface area contributed by atoms with E-state index in [2.05, 4.69) is 15.9 Å². The topological polar surface area (TPSA) is 41.7 Å². The molecule has 1 N–H and O–H groups in total. The Morgan fingerprint density at radius 2 is 2.36 bits per heavy atom. The minimum Gasteiger partial charge on any atom is -0.478 e. The van der Waals surface area contributed by atoms with E-state index in [1.807, 2.05) is 28.9 Å². The number of aromatic carboxylic acids is 1. The molecule has 0 unspecified atom stereocenters. The number of carboxylic acid groups (broad SMARTS) is 1. The number of nitrogens with zero attached hydrogens (tertiary/aromatic N) is 1. The van der Waals surface area contributed by atoms with Gasteiger partial charge in [-0.15, -0.1) is 0 Å². The van der Waals surface area contributed by atoms with Crippen LogP contribution in [-0.4, -0.2) is 15.5 Å². The zero-order valence-corrected chi connectivity index (χ0v) is 8.86. The summed E-state index contributed by atoms with van der Waals surface area (Å²) in [5.41, 5.74) is 2.03. The fraction of sp³-hybridized carbons (Fsp3) is 0.100. The van der Waals surface area contributed by atoms with Gasteiger partial charge in [-0.25, -0.2) is 4.79 Å². The maximum atomic E-state index is 10.9. The average molecular weight is 254 g/mol. The van der Waals surface area contributed by atoms with Crippen molar-refractivity contribution >= 4 is 27.4 Å². The molecule has 2 rings (SSSR count). The first-order chi connectivity index (χ1) is 6.72. The van der Waals surface area contributed by atoms with Crippen LogP contribution >= 0.6 is 15.9 Å². The van der Waals surface area contributed by atoms with Crippen molar-refractivity contribution in [1.29, 1.82) is 0 Å². The molecule has 4 heteroatoms. The number of pyridine rings is 1. The number of alkyl halides is 1. The lowest BCUT2D eigenvalue weighted by molar-refractivity contribution is 0.0696. The number of aromatic nitrogens is 1. The van der Waals surface area contributed by atoms with Gasteiger partial charge in [0, 0.05) is 23.2 Å². The standard InChI is InChI=1S/C10H8BrNO2/c11-5-7-6-12-3-1-2-8(12)4-9(7)10(13)14/h1-4,6H,5H2,(H,13,14). The van der Waals surface area contributed by atoms with Gasteiger partial charge in [-0.05, 0) is 23.8 Å². The van der Waals surface area contributed by atoms with Crippen LogP contribution in [0, 0.1) is 0 Å². The Labute approximate surface area is 89.1 Å². The first-order valence-electron chi connectivity index (χ1n) is 4.11. The van der Waals surface area contributed by atoms with E-state index >= 15 is 0 Å². The summed E-state index contributed by atoms with van der Waals surface area (Å²) in [6, 6.07) is 5.45. The van der Waals surface area contributed by atoms with Gasteiger partial charge >= 0.3 is 5.97 Å². The molecule has 0 aliphatic heterocycles. The highest BCUT2D eigenvalue weighted by Gasteiger charge is 2.10.